The summed E-state index contributed by atoms with van der Waals surface area (Å²) < 4.78 is 3.69. The van der Waals surface area contributed by atoms with Crippen molar-refractivity contribution in [2.75, 3.05) is 0 Å². The Bertz CT molecular complexity index is 482. The van der Waals surface area contributed by atoms with Gasteiger partial charge in [0.05, 0.1) is 17.4 Å². The molecule has 0 saturated carbocycles. The molecule has 0 radical (unpaired) electrons. The SMILES string of the molecule is Cc1cc(CC(N)c2ccnn2C)n(C)n1. The molecule has 0 aliphatic heterocycles. The first kappa shape index (κ1) is 10.9. The van der Waals surface area contributed by atoms with Gasteiger partial charge in [0.15, 0.2) is 0 Å². The van der Waals surface area contributed by atoms with Crippen LogP contribution in [0.25, 0.3) is 0 Å². The minimum atomic E-state index is -0.0395. The van der Waals surface area contributed by atoms with E-state index in [-0.39, 0.29) is 6.04 Å². The Labute approximate surface area is 94.9 Å². The average molecular weight is 219 g/mol. The van der Waals surface area contributed by atoms with E-state index in [0.29, 0.717) is 0 Å². The molecule has 0 aliphatic carbocycles. The highest BCUT2D eigenvalue weighted by Crippen LogP contribution is 2.15. The van der Waals surface area contributed by atoms with E-state index in [4.69, 9.17) is 5.73 Å². The second kappa shape index (κ2) is 4.09. The van der Waals surface area contributed by atoms with Crippen LogP contribution in [0, 0.1) is 6.92 Å². The van der Waals surface area contributed by atoms with Crippen molar-refractivity contribution in [2.45, 2.75) is 19.4 Å². The van der Waals surface area contributed by atoms with Gasteiger partial charge in [-0.15, -0.1) is 0 Å². The lowest BCUT2D eigenvalue weighted by Gasteiger charge is -2.11. The van der Waals surface area contributed by atoms with Crippen molar-refractivity contribution in [3.05, 3.63) is 35.4 Å². The van der Waals surface area contributed by atoms with Crippen LogP contribution in [0.15, 0.2) is 18.3 Å². The van der Waals surface area contributed by atoms with Gasteiger partial charge in [0.1, 0.15) is 0 Å². The van der Waals surface area contributed by atoms with Crippen LogP contribution in [0.1, 0.15) is 23.1 Å². The standard InChI is InChI=1S/C11H17N5/c1-8-6-9(15(2)14-8)7-10(12)11-4-5-13-16(11)3/h4-6,10H,7,12H2,1-3H3. The molecule has 0 aliphatic rings. The van der Waals surface area contributed by atoms with Crippen LogP contribution in [-0.4, -0.2) is 19.6 Å². The van der Waals surface area contributed by atoms with E-state index in [1.165, 1.54) is 0 Å². The van der Waals surface area contributed by atoms with Gasteiger partial charge < -0.3 is 5.73 Å². The summed E-state index contributed by atoms with van der Waals surface area (Å²) >= 11 is 0. The Morgan fingerprint density at radius 3 is 2.62 bits per heavy atom. The van der Waals surface area contributed by atoms with Gasteiger partial charge in [0.25, 0.3) is 0 Å². The predicted octanol–water partition coefficient (Wildman–Crippen LogP) is 0.705. The summed E-state index contributed by atoms with van der Waals surface area (Å²) in [5.41, 5.74) is 9.36. The van der Waals surface area contributed by atoms with Gasteiger partial charge in [-0.3, -0.25) is 9.36 Å². The van der Waals surface area contributed by atoms with Gasteiger partial charge in [-0.1, -0.05) is 0 Å². The molecule has 5 heteroatoms. The third kappa shape index (κ3) is 1.99. The summed E-state index contributed by atoms with van der Waals surface area (Å²) in [6, 6.07) is 3.98. The number of nitrogens with two attached hydrogens (primary N) is 1. The van der Waals surface area contributed by atoms with Crippen LogP contribution in [0.3, 0.4) is 0 Å². The van der Waals surface area contributed by atoms with E-state index in [1.807, 2.05) is 36.4 Å². The van der Waals surface area contributed by atoms with Crippen LogP contribution in [0.4, 0.5) is 0 Å². The zero-order valence-electron chi connectivity index (χ0n) is 9.88. The number of hydrogen-bond acceptors (Lipinski definition) is 3. The lowest BCUT2D eigenvalue weighted by Crippen LogP contribution is -2.18. The molecule has 16 heavy (non-hydrogen) atoms. The summed E-state index contributed by atoms with van der Waals surface area (Å²) in [5.74, 6) is 0. The Hall–Kier alpha value is -1.62. The number of rotatable bonds is 3. The fraction of sp³-hybridized carbons (Fsp3) is 0.455. The van der Waals surface area contributed by atoms with Crippen molar-refractivity contribution in [1.82, 2.24) is 19.6 Å². The number of nitrogens with zero attached hydrogens (tertiary/aromatic N) is 4. The smallest absolute Gasteiger partial charge is 0.0596 e. The van der Waals surface area contributed by atoms with Gasteiger partial charge in [-0.2, -0.15) is 10.2 Å². The molecule has 0 saturated heterocycles. The molecule has 0 aromatic carbocycles. The van der Waals surface area contributed by atoms with Crippen LogP contribution < -0.4 is 5.73 Å². The first-order valence-electron chi connectivity index (χ1n) is 5.31. The molecule has 1 unspecified atom stereocenters. The van der Waals surface area contributed by atoms with E-state index in [2.05, 4.69) is 16.3 Å². The molecule has 1 atom stereocenters. The fourth-order valence-electron chi connectivity index (χ4n) is 1.93. The van der Waals surface area contributed by atoms with Crippen LogP contribution in [0.5, 0.6) is 0 Å². The van der Waals surface area contributed by atoms with E-state index < -0.39 is 0 Å². The normalized spacial score (nSPS) is 13.0. The molecule has 0 fully saturated rings. The van der Waals surface area contributed by atoms with Crippen molar-refractivity contribution in [3.8, 4) is 0 Å². The summed E-state index contributed by atoms with van der Waals surface area (Å²) in [4.78, 5) is 0. The molecule has 2 aromatic rings. The van der Waals surface area contributed by atoms with E-state index in [1.54, 1.807) is 6.20 Å². The predicted molar refractivity (Wildman–Crippen MR) is 61.8 cm³/mol. The maximum atomic E-state index is 6.15. The third-order valence-electron chi connectivity index (χ3n) is 2.77. The van der Waals surface area contributed by atoms with Crippen molar-refractivity contribution in [2.24, 2.45) is 19.8 Å². The Balaban J connectivity index is 2.16. The largest absolute Gasteiger partial charge is 0.322 e. The summed E-state index contributed by atoms with van der Waals surface area (Å²) in [5, 5.41) is 8.43. The summed E-state index contributed by atoms with van der Waals surface area (Å²) in [7, 11) is 3.85. The molecule has 5 nitrogen and oxygen atoms in total. The summed E-state index contributed by atoms with van der Waals surface area (Å²) in [6.07, 6.45) is 2.54. The minimum Gasteiger partial charge on any atom is -0.322 e. The van der Waals surface area contributed by atoms with Gasteiger partial charge in [-0.05, 0) is 19.1 Å². The minimum absolute atomic E-state index is 0.0395. The van der Waals surface area contributed by atoms with Gasteiger partial charge in [-0.25, -0.2) is 0 Å². The molecule has 2 heterocycles. The molecular formula is C11H17N5. The Morgan fingerprint density at radius 2 is 2.12 bits per heavy atom. The van der Waals surface area contributed by atoms with Crippen LogP contribution >= 0.6 is 0 Å². The lowest BCUT2D eigenvalue weighted by atomic mass is 10.1. The van der Waals surface area contributed by atoms with E-state index in [0.717, 1.165) is 23.5 Å². The maximum absolute atomic E-state index is 6.15. The van der Waals surface area contributed by atoms with Gasteiger partial charge >= 0.3 is 0 Å². The highest BCUT2D eigenvalue weighted by molar-refractivity contribution is 5.14. The topological polar surface area (TPSA) is 61.7 Å². The molecule has 86 valence electrons. The first-order valence-corrected chi connectivity index (χ1v) is 5.31. The van der Waals surface area contributed by atoms with Crippen LogP contribution in [-0.2, 0) is 20.5 Å². The van der Waals surface area contributed by atoms with Crippen LogP contribution in [0.2, 0.25) is 0 Å². The van der Waals surface area contributed by atoms with Crippen molar-refractivity contribution >= 4 is 0 Å². The Kier molecular flexibility index (Phi) is 2.78. The fourth-order valence-corrected chi connectivity index (χ4v) is 1.93. The zero-order valence-corrected chi connectivity index (χ0v) is 9.88. The molecule has 2 rings (SSSR count). The third-order valence-corrected chi connectivity index (χ3v) is 2.77. The maximum Gasteiger partial charge on any atom is 0.0596 e. The quantitative estimate of drug-likeness (QED) is 0.826. The van der Waals surface area contributed by atoms with Crippen molar-refractivity contribution < 1.29 is 0 Å². The number of hydrogen-bond donors (Lipinski definition) is 1. The Morgan fingerprint density at radius 1 is 1.38 bits per heavy atom. The van der Waals surface area contributed by atoms with Gasteiger partial charge in [0, 0.05) is 32.4 Å². The molecule has 2 N–H and O–H groups in total. The average Bonchev–Trinajstić information content (AvgIpc) is 2.74. The zero-order chi connectivity index (χ0) is 11.7. The second-order valence-corrected chi connectivity index (χ2v) is 4.09. The lowest BCUT2D eigenvalue weighted by molar-refractivity contribution is 0.588. The van der Waals surface area contributed by atoms with E-state index >= 15 is 0 Å². The molecule has 0 spiro atoms. The van der Waals surface area contributed by atoms with Crippen molar-refractivity contribution in [3.63, 3.8) is 0 Å². The molecule has 0 amide bonds. The number of aromatic nitrogens is 4. The molecule has 2 aromatic heterocycles. The highest BCUT2D eigenvalue weighted by Gasteiger charge is 2.13. The van der Waals surface area contributed by atoms with E-state index in [9.17, 15) is 0 Å². The second-order valence-electron chi connectivity index (χ2n) is 4.09. The molecular weight excluding hydrogens is 202 g/mol. The highest BCUT2D eigenvalue weighted by atomic mass is 15.3. The molecule has 0 bridgehead atoms. The van der Waals surface area contributed by atoms with Crippen molar-refractivity contribution in [1.29, 1.82) is 0 Å². The number of aryl methyl sites for hydroxylation is 3. The first-order chi connectivity index (χ1) is 7.58. The monoisotopic (exact) mass is 219 g/mol. The summed E-state index contributed by atoms with van der Waals surface area (Å²) in [6.45, 7) is 1.99. The van der Waals surface area contributed by atoms with Gasteiger partial charge in [0.2, 0.25) is 0 Å².